The van der Waals surface area contributed by atoms with Crippen LogP contribution in [0.1, 0.15) is 36.5 Å². The molecule has 182 valence electrons. The molecular formula is C25H31N3O4S2. The standard InChI is InChI=1S/C25H31N3O4S2/c1-16-11-17(2)24(18(3)12-16)26-23(29)14-28-21-13-20(34(31,32)27-9-5-6-10-27)7-8-22(21)33-15-19(4)25(28)30/h7-8,11-13,19H,5-6,9-10,14-15H2,1-4H3,(H,26,29). The minimum absolute atomic E-state index is 0.159. The maximum absolute atomic E-state index is 13.3. The van der Waals surface area contributed by atoms with Crippen LogP contribution in [0.4, 0.5) is 11.4 Å². The molecule has 2 aromatic rings. The lowest BCUT2D eigenvalue weighted by Crippen LogP contribution is -2.41. The highest BCUT2D eigenvalue weighted by atomic mass is 32.2. The van der Waals surface area contributed by atoms with Crippen LogP contribution in [-0.2, 0) is 19.6 Å². The number of nitrogens with zero attached hydrogens (tertiary/aromatic N) is 2. The molecule has 0 bridgehead atoms. The Labute approximate surface area is 205 Å². The smallest absolute Gasteiger partial charge is 0.244 e. The topological polar surface area (TPSA) is 86.8 Å². The van der Waals surface area contributed by atoms with Gasteiger partial charge in [0.1, 0.15) is 6.54 Å². The molecule has 1 unspecified atom stereocenters. The number of anilines is 2. The van der Waals surface area contributed by atoms with Crippen molar-refractivity contribution < 1.29 is 18.0 Å². The van der Waals surface area contributed by atoms with Gasteiger partial charge in [-0.15, -0.1) is 11.8 Å². The number of aryl methyl sites for hydroxylation is 3. The number of carbonyl (C=O) groups excluding carboxylic acids is 2. The van der Waals surface area contributed by atoms with Gasteiger partial charge >= 0.3 is 0 Å². The Morgan fingerprint density at radius 2 is 1.74 bits per heavy atom. The molecule has 0 spiro atoms. The average molecular weight is 502 g/mol. The molecule has 1 atom stereocenters. The van der Waals surface area contributed by atoms with Gasteiger partial charge < -0.3 is 10.2 Å². The number of rotatable bonds is 5. The number of hydrogen-bond acceptors (Lipinski definition) is 5. The first-order valence-electron chi connectivity index (χ1n) is 11.5. The molecule has 2 amide bonds. The molecule has 0 aromatic heterocycles. The summed E-state index contributed by atoms with van der Waals surface area (Å²) < 4.78 is 27.8. The van der Waals surface area contributed by atoms with E-state index in [1.165, 1.54) is 21.0 Å². The van der Waals surface area contributed by atoms with E-state index < -0.39 is 10.0 Å². The van der Waals surface area contributed by atoms with Crippen LogP contribution in [-0.4, -0.2) is 49.9 Å². The molecule has 7 nitrogen and oxygen atoms in total. The van der Waals surface area contributed by atoms with E-state index in [1.54, 1.807) is 18.2 Å². The van der Waals surface area contributed by atoms with Crippen molar-refractivity contribution in [2.75, 3.05) is 35.6 Å². The summed E-state index contributed by atoms with van der Waals surface area (Å²) in [5.74, 6) is -0.236. The summed E-state index contributed by atoms with van der Waals surface area (Å²) in [4.78, 5) is 28.8. The van der Waals surface area contributed by atoms with Crippen molar-refractivity contribution in [2.24, 2.45) is 5.92 Å². The van der Waals surface area contributed by atoms with Crippen LogP contribution in [0.3, 0.4) is 0 Å². The van der Waals surface area contributed by atoms with E-state index in [0.29, 0.717) is 24.5 Å². The third kappa shape index (κ3) is 4.87. The number of thioether (sulfide) groups is 1. The van der Waals surface area contributed by atoms with Crippen LogP contribution >= 0.6 is 11.8 Å². The zero-order valence-electron chi connectivity index (χ0n) is 20.1. The van der Waals surface area contributed by atoms with E-state index in [1.807, 2.05) is 39.8 Å². The first-order chi connectivity index (χ1) is 16.1. The number of sulfonamides is 1. The fourth-order valence-electron chi connectivity index (χ4n) is 4.60. The molecule has 1 saturated heterocycles. The predicted octanol–water partition coefficient (Wildman–Crippen LogP) is 4.11. The predicted molar refractivity (Wildman–Crippen MR) is 136 cm³/mol. The minimum atomic E-state index is -3.65. The molecule has 1 N–H and O–H groups in total. The highest BCUT2D eigenvalue weighted by molar-refractivity contribution is 7.99. The molecule has 34 heavy (non-hydrogen) atoms. The molecule has 4 rings (SSSR count). The molecule has 2 aromatic carbocycles. The Morgan fingerprint density at radius 1 is 1.09 bits per heavy atom. The molecule has 0 saturated carbocycles. The van der Waals surface area contributed by atoms with Gasteiger partial charge in [-0.1, -0.05) is 24.6 Å². The summed E-state index contributed by atoms with van der Waals surface area (Å²) in [6.07, 6.45) is 1.69. The molecule has 2 heterocycles. The Kier molecular flexibility index (Phi) is 7.07. The van der Waals surface area contributed by atoms with Crippen molar-refractivity contribution in [2.45, 2.75) is 50.3 Å². The molecular weight excluding hydrogens is 470 g/mol. The Morgan fingerprint density at radius 3 is 2.38 bits per heavy atom. The molecule has 1 fully saturated rings. The number of fused-ring (bicyclic) bond motifs is 1. The second kappa shape index (κ2) is 9.71. The van der Waals surface area contributed by atoms with Crippen LogP contribution in [0.2, 0.25) is 0 Å². The zero-order chi connectivity index (χ0) is 24.6. The highest BCUT2D eigenvalue weighted by Gasteiger charge is 2.33. The van der Waals surface area contributed by atoms with Gasteiger partial charge in [0.15, 0.2) is 0 Å². The number of nitrogens with one attached hydrogen (secondary N) is 1. The van der Waals surface area contributed by atoms with Crippen LogP contribution in [0.15, 0.2) is 40.1 Å². The van der Waals surface area contributed by atoms with Crippen molar-refractivity contribution in [3.63, 3.8) is 0 Å². The third-order valence-corrected chi connectivity index (χ3v) is 9.56. The first-order valence-corrected chi connectivity index (χ1v) is 14.0. The lowest BCUT2D eigenvalue weighted by molar-refractivity contribution is -0.123. The van der Waals surface area contributed by atoms with E-state index in [2.05, 4.69) is 5.32 Å². The number of hydrogen-bond donors (Lipinski definition) is 1. The second-order valence-corrected chi connectivity index (χ2v) is 12.2. The van der Waals surface area contributed by atoms with Crippen molar-refractivity contribution in [1.29, 1.82) is 0 Å². The fraction of sp³-hybridized carbons (Fsp3) is 0.440. The molecule has 2 aliphatic rings. The van der Waals surface area contributed by atoms with Gasteiger partial charge in [-0.05, 0) is 62.9 Å². The van der Waals surface area contributed by atoms with E-state index in [9.17, 15) is 18.0 Å². The maximum Gasteiger partial charge on any atom is 0.244 e. The van der Waals surface area contributed by atoms with Crippen LogP contribution < -0.4 is 10.2 Å². The second-order valence-electron chi connectivity index (χ2n) is 9.20. The van der Waals surface area contributed by atoms with E-state index in [4.69, 9.17) is 0 Å². The van der Waals surface area contributed by atoms with E-state index >= 15 is 0 Å². The van der Waals surface area contributed by atoms with Crippen LogP contribution in [0, 0.1) is 26.7 Å². The van der Waals surface area contributed by atoms with Crippen molar-refractivity contribution in [3.8, 4) is 0 Å². The summed E-state index contributed by atoms with van der Waals surface area (Å²) in [6.45, 7) is 8.55. The van der Waals surface area contributed by atoms with Gasteiger partial charge in [0.2, 0.25) is 21.8 Å². The first kappa shape index (κ1) is 24.8. The van der Waals surface area contributed by atoms with Crippen LogP contribution in [0.25, 0.3) is 0 Å². The van der Waals surface area contributed by atoms with E-state index in [0.717, 1.165) is 40.1 Å². The van der Waals surface area contributed by atoms with Gasteiger partial charge in [-0.25, -0.2) is 8.42 Å². The van der Waals surface area contributed by atoms with Crippen molar-refractivity contribution in [3.05, 3.63) is 47.0 Å². The minimum Gasteiger partial charge on any atom is -0.324 e. The van der Waals surface area contributed by atoms with Crippen molar-refractivity contribution >= 4 is 45.0 Å². The Balaban J connectivity index is 1.67. The van der Waals surface area contributed by atoms with Gasteiger partial charge in [0, 0.05) is 35.3 Å². The largest absolute Gasteiger partial charge is 0.324 e. The summed E-state index contributed by atoms with van der Waals surface area (Å²) >= 11 is 1.51. The lowest BCUT2D eigenvalue weighted by Gasteiger charge is -2.25. The van der Waals surface area contributed by atoms with E-state index in [-0.39, 0.29) is 29.2 Å². The molecule has 9 heteroatoms. The SMILES string of the molecule is Cc1cc(C)c(NC(=O)CN2C(=O)C(C)CSc3ccc(S(=O)(=O)N4CCCC4)cc32)c(C)c1. The lowest BCUT2D eigenvalue weighted by atomic mass is 10.1. The average Bonchev–Trinajstić information content (AvgIpc) is 3.30. The monoisotopic (exact) mass is 501 g/mol. The fourth-order valence-corrected chi connectivity index (χ4v) is 7.19. The molecule has 0 radical (unpaired) electrons. The van der Waals surface area contributed by atoms with Gasteiger partial charge in [0.05, 0.1) is 10.6 Å². The summed E-state index contributed by atoms with van der Waals surface area (Å²) in [5, 5.41) is 2.96. The number of benzene rings is 2. The summed E-state index contributed by atoms with van der Waals surface area (Å²) in [7, 11) is -3.65. The highest BCUT2D eigenvalue weighted by Crippen LogP contribution is 2.38. The third-order valence-electron chi connectivity index (χ3n) is 6.34. The Hall–Kier alpha value is -2.36. The van der Waals surface area contributed by atoms with Gasteiger partial charge in [-0.3, -0.25) is 9.59 Å². The zero-order valence-corrected chi connectivity index (χ0v) is 21.7. The number of carbonyl (C=O) groups is 2. The summed E-state index contributed by atoms with van der Waals surface area (Å²) in [6, 6.07) is 8.93. The van der Waals surface area contributed by atoms with Gasteiger partial charge in [0.25, 0.3) is 0 Å². The normalized spacial score (nSPS) is 19.1. The van der Waals surface area contributed by atoms with Crippen molar-refractivity contribution in [1.82, 2.24) is 4.31 Å². The number of amides is 2. The summed E-state index contributed by atoms with van der Waals surface area (Å²) in [5.41, 5.74) is 4.24. The Bertz CT molecular complexity index is 1210. The van der Waals surface area contributed by atoms with Gasteiger partial charge in [-0.2, -0.15) is 4.31 Å². The maximum atomic E-state index is 13.3. The molecule has 0 aliphatic carbocycles. The molecule has 2 aliphatic heterocycles. The van der Waals surface area contributed by atoms with Crippen LogP contribution in [0.5, 0.6) is 0 Å². The quantitative estimate of drug-likeness (QED) is 0.666.